The molecule has 1 aliphatic heterocycles. The molecule has 1 fully saturated rings. The fraction of sp³-hybridized carbons (Fsp3) is 0.133. The molecule has 0 atom stereocenters. The Labute approximate surface area is 234 Å². The topological polar surface area (TPSA) is 109 Å². The predicted molar refractivity (Wildman–Crippen MR) is 150 cm³/mol. The lowest BCUT2D eigenvalue weighted by molar-refractivity contribution is -0.122. The second kappa shape index (κ2) is 11.8. The number of aryl methyl sites for hydroxylation is 1. The Morgan fingerprint density at radius 3 is 2.56 bits per heavy atom. The highest BCUT2D eigenvalue weighted by Gasteiger charge is 2.37. The number of anilines is 1. The van der Waals surface area contributed by atoms with Crippen LogP contribution in [0, 0.1) is 18.3 Å². The number of nitrogens with zero attached hydrogens (tertiary/aromatic N) is 2. The summed E-state index contributed by atoms with van der Waals surface area (Å²) in [5.74, 6) is -0.722. The summed E-state index contributed by atoms with van der Waals surface area (Å²) in [5.41, 5.74) is 3.36. The van der Waals surface area contributed by atoms with Crippen LogP contribution in [0.5, 0.6) is 11.5 Å². The molecule has 0 saturated carbocycles. The zero-order valence-corrected chi connectivity index (χ0v) is 22.9. The third kappa shape index (κ3) is 5.76. The van der Waals surface area contributed by atoms with Crippen molar-refractivity contribution >= 4 is 45.5 Å². The lowest BCUT2D eigenvalue weighted by atomic mass is 10.0. The number of nitrogens with one attached hydrogen (secondary N) is 1. The van der Waals surface area contributed by atoms with Crippen LogP contribution < -0.4 is 19.7 Å². The number of hydrogen-bond acceptors (Lipinski definition) is 6. The number of ether oxygens (including phenoxy) is 2. The van der Waals surface area contributed by atoms with Gasteiger partial charge in [-0.2, -0.15) is 5.26 Å². The molecular weight excluding hydrogens is 562 g/mol. The van der Waals surface area contributed by atoms with Crippen molar-refractivity contribution < 1.29 is 23.9 Å². The quantitative estimate of drug-likeness (QED) is 0.209. The first-order valence-electron chi connectivity index (χ1n) is 11.9. The van der Waals surface area contributed by atoms with Gasteiger partial charge in [0, 0.05) is 15.6 Å². The molecule has 39 heavy (non-hydrogen) atoms. The maximum absolute atomic E-state index is 13.4. The van der Waals surface area contributed by atoms with E-state index in [2.05, 4.69) is 33.9 Å². The van der Waals surface area contributed by atoms with Crippen LogP contribution in [0.3, 0.4) is 0 Å². The summed E-state index contributed by atoms with van der Waals surface area (Å²) in [6.07, 6.45) is 3.51. The first-order valence-corrected chi connectivity index (χ1v) is 12.7. The van der Waals surface area contributed by atoms with E-state index in [4.69, 9.17) is 9.47 Å². The first-order chi connectivity index (χ1) is 18.8. The Morgan fingerprint density at radius 2 is 1.87 bits per heavy atom. The zero-order chi connectivity index (χ0) is 28.1. The van der Waals surface area contributed by atoms with Crippen molar-refractivity contribution in [1.29, 1.82) is 5.26 Å². The standard InChI is InChI=1S/C30H24BrN3O5/c1-4-7-20-13-19(15-26(38-3)27(20)39-17-22-9-6-5-8-21(22)16-32)14-24-28(35)33-30(37)34(29(24)36)23-10-11-25(31)18(2)12-23/h4-6,8-15H,1,7,17H2,2-3H3,(H,33,35,37)/b24-14+. The molecule has 4 rings (SSSR count). The minimum Gasteiger partial charge on any atom is -0.493 e. The second-order valence-electron chi connectivity index (χ2n) is 8.65. The molecule has 3 aromatic carbocycles. The van der Waals surface area contributed by atoms with E-state index in [9.17, 15) is 19.6 Å². The summed E-state index contributed by atoms with van der Waals surface area (Å²) >= 11 is 3.41. The highest BCUT2D eigenvalue weighted by atomic mass is 79.9. The monoisotopic (exact) mass is 585 g/mol. The van der Waals surface area contributed by atoms with Crippen molar-refractivity contribution in [3.63, 3.8) is 0 Å². The third-order valence-corrected chi connectivity index (χ3v) is 6.95. The van der Waals surface area contributed by atoms with Crippen LogP contribution in [-0.4, -0.2) is 25.0 Å². The molecule has 0 spiro atoms. The fourth-order valence-corrected chi connectivity index (χ4v) is 4.37. The molecule has 1 aliphatic rings. The van der Waals surface area contributed by atoms with Gasteiger partial charge in [0.1, 0.15) is 12.2 Å². The van der Waals surface area contributed by atoms with Crippen LogP contribution in [0.4, 0.5) is 10.5 Å². The largest absolute Gasteiger partial charge is 0.493 e. The van der Waals surface area contributed by atoms with E-state index in [0.717, 1.165) is 20.5 Å². The lowest BCUT2D eigenvalue weighted by Crippen LogP contribution is -2.54. The van der Waals surface area contributed by atoms with Gasteiger partial charge < -0.3 is 9.47 Å². The van der Waals surface area contributed by atoms with Gasteiger partial charge in [-0.05, 0) is 66.9 Å². The molecule has 0 aromatic heterocycles. The fourth-order valence-electron chi connectivity index (χ4n) is 4.12. The average molecular weight is 586 g/mol. The highest BCUT2D eigenvalue weighted by Crippen LogP contribution is 2.36. The van der Waals surface area contributed by atoms with Crippen molar-refractivity contribution in [3.8, 4) is 17.6 Å². The van der Waals surface area contributed by atoms with Crippen LogP contribution >= 0.6 is 15.9 Å². The Kier molecular flexibility index (Phi) is 8.27. The third-order valence-electron chi connectivity index (χ3n) is 6.06. The van der Waals surface area contributed by atoms with Crippen LogP contribution in [0.15, 0.2) is 77.3 Å². The van der Waals surface area contributed by atoms with E-state index in [1.807, 2.05) is 19.1 Å². The molecule has 1 heterocycles. The van der Waals surface area contributed by atoms with E-state index in [1.165, 1.54) is 13.2 Å². The van der Waals surface area contributed by atoms with E-state index in [0.29, 0.717) is 40.3 Å². The number of hydrogen-bond donors (Lipinski definition) is 1. The van der Waals surface area contributed by atoms with Crippen LogP contribution in [0.2, 0.25) is 0 Å². The van der Waals surface area contributed by atoms with E-state index in [-0.39, 0.29) is 12.2 Å². The van der Waals surface area contributed by atoms with E-state index >= 15 is 0 Å². The highest BCUT2D eigenvalue weighted by molar-refractivity contribution is 9.10. The molecule has 1 saturated heterocycles. The Hall–Kier alpha value is -4.68. The number of methoxy groups -OCH3 is 1. The molecule has 9 heteroatoms. The molecule has 4 amide bonds. The van der Waals surface area contributed by atoms with Gasteiger partial charge in [0.2, 0.25) is 0 Å². The second-order valence-corrected chi connectivity index (χ2v) is 9.51. The number of benzene rings is 3. The summed E-state index contributed by atoms with van der Waals surface area (Å²) in [6, 6.07) is 16.9. The molecule has 3 aromatic rings. The zero-order valence-electron chi connectivity index (χ0n) is 21.3. The number of urea groups is 1. The predicted octanol–water partition coefficient (Wildman–Crippen LogP) is 5.61. The minimum atomic E-state index is -0.824. The minimum absolute atomic E-state index is 0.134. The van der Waals surface area contributed by atoms with Gasteiger partial charge in [0.15, 0.2) is 11.5 Å². The molecule has 0 radical (unpaired) electrons. The van der Waals surface area contributed by atoms with Crippen LogP contribution in [0.25, 0.3) is 6.08 Å². The van der Waals surface area contributed by atoms with Gasteiger partial charge >= 0.3 is 6.03 Å². The van der Waals surface area contributed by atoms with Crippen LogP contribution in [-0.2, 0) is 22.6 Å². The molecular formula is C30H24BrN3O5. The number of nitriles is 1. The molecule has 0 bridgehead atoms. The summed E-state index contributed by atoms with van der Waals surface area (Å²) in [5, 5.41) is 11.6. The van der Waals surface area contributed by atoms with Crippen molar-refractivity contribution in [2.24, 2.45) is 0 Å². The number of carbonyl (C=O) groups excluding carboxylic acids is 3. The molecule has 0 unspecified atom stereocenters. The number of allylic oxidation sites excluding steroid dienone is 1. The Balaban J connectivity index is 1.71. The van der Waals surface area contributed by atoms with Crippen molar-refractivity contribution in [2.75, 3.05) is 12.0 Å². The summed E-state index contributed by atoms with van der Waals surface area (Å²) < 4.78 is 12.5. The number of rotatable bonds is 8. The summed E-state index contributed by atoms with van der Waals surface area (Å²) in [7, 11) is 1.48. The first kappa shape index (κ1) is 27.4. The molecule has 196 valence electrons. The van der Waals surface area contributed by atoms with Crippen LogP contribution in [0.1, 0.15) is 27.8 Å². The van der Waals surface area contributed by atoms with Crippen molar-refractivity contribution in [3.05, 3.63) is 105 Å². The van der Waals surface area contributed by atoms with Crippen molar-refractivity contribution in [2.45, 2.75) is 20.0 Å². The van der Waals surface area contributed by atoms with Crippen molar-refractivity contribution in [1.82, 2.24) is 5.32 Å². The molecule has 0 aliphatic carbocycles. The maximum Gasteiger partial charge on any atom is 0.335 e. The van der Waals surface area contributed by atoms with Gasteiger partial charge in [-0.3, -0.25) is 14.9 Å². The maximum atomic E-state index is 13.4. The number of halogens is 1. The SMILES string of the molecule is C=CCc1cc(/C=C2\C(=O)NC(=O)N(c3ccc(Br)c(C)c3)C2=O)cc(OC)c1OCc1ccccc1C#N. The normalized spacial score (nSPS) is 14.2. The smallest absolute Gasteiger partial charge is 0.335 e. The number of carbonyl (C=O) groups is 3. The summed E-state index contributed by atoms with van der Waals surface area (Å²) in [6.45, 7) is 5.78. The lowest BCUT2D eigenvalue weighted by Gasteiger charge is -2.27. The van der Waals surface area contributed by atoms with E-state index < -0.39 is 17.8 Å². The van der Waals surface area contributed by atoms with Gasteiger partial charge in [0.05, 0.1) is 24.4 Å². The van der Waals surface area contributed by atoms with E-state index in [1.54, 1.807) is 48.5 Å². The van der Waals surface area contributed by atoms with Gasteiger partial charge in [-0.1, -0.05) is 40.2 Å². The number of barbiturate groups is 1. The molecule has 8 nitrogen and oxygen atoms in total. The Bertz CT molecular complexity index is 1570. The number of imide groups is 2. The van der Waals surface area contributed by atoms with Gasteiger partial charge in [-0.15, -0.1) is 6.58 Å². The van der Waals surface area contributed by atoms with Gasteiger partial charge in [-0.25, -0.2) is 9.69 Å². The number of amides is 4. The summed E-state index contributed by atoms with van der Waals surface area (Å²) in [4.78, 5) is 39.6. The van der Waals surface area contributed by atoms with Gasteiger partial charge in [0.25, 0.3) is 11.8 Å². The Morgan fingerprint density at radius 1 is 1.10 bits per heavy atom. The molecule has 1 N–H and O–H groups in total. The average Bonchev–Trinajstić information content (AvgIpc) is 2.92.